The molecule has 0 aliphatic carbocycles. The van der Waals surface area contributed by atoms with Gasteiger partial charge in [-0.1, -0.05) is 26.0 Å². The van der Waals surface area contributed by atoms with Crippen molar-refractivity contribution in [1.29, 1.82) is 0 Å². The predicted molar refractivity (Wildman–Crippen MR) is 150 cm³/mol. The van der Waals surface area contributed by atoms with Crippen LogP contribution in [0, 0.1) is 0 Å². The molecular formula is C27H33N7O3S. The van der Waals surface area contributed by atoms with E-state index in [1.165, 1.54) is 15.4 Å². The molecule has 0 saturated heterocycles. The van der Waals surface area contributed by atoms with Crippen LogP contribution >= 0.6 is 0 Å². The summed E-state index contributed by atoms with van der Waals surface area (Å²) in [5, 5.41) is 7.33. The van der Waals surface area contributed by atoms with Crippen LogP contribution < -0.4 is 15.4 Å². The summed E-state index contributed by atoms with van der Waals surface area (Å²) in [6, 6.07) is 12.9. The number of methoxy groups -OCH3 is 1. The molecule has 0 saturated carbocycles. The zero-order chi connectivity index (χ0) is 26.9. The van der Waals surface area contributed by atoms with Crippen LogP contribution in [0.5, 0.6) is 5.75 Å². The van der Waals surface area contributed by atoms with Crippen molar-refractivity contribution in [2.75, 3.05) is 44.4 Å². The summed E-state index contributed by atoms with van der Waals surface area (Å²) in [5.41, 5.74) is 4.34. The van der Waals surface area contributed by atoms with E-state index >= 15 is 0 Å². The lowest BCUT2D eigenvalue weighted by Crippen LogP contribution is -2.31. The molecule has 0 amide bonds. The molecule has 5 rings (SSSR count). The van der Waals surface area contributed by atoms with Crippen molar-refractivity contribution in [3.63, 3.8) is 0 Å². The molecule has 2 aromatic carbocycles. The summed E-state index contributed by atoms with van der Waals surface area (Å²) in [6.45, 7) is 6.29. The Morgan fingerprint density at radius 3 is 2.61 bits per heavy atom. The normalized spacial score (nSPS) is 14.0. The van der Waals surface area contributed by atoms with Crippen LogP contribution in [-0.4, -0.2) is 66.4 Å². The lowest BCUT2D eigenvalue weighted by Gasteiger charge is -2.26. The van der Waals surface area contributed by atoms with Crippen molar-refractivity contribution in [2.24, 2.45) is 0 Å². The number of aromatic amines is 1. The number of para-hydroxylation sites is 1. The van der Waals surface area contributed by atoms with Crippen LogP contribution in [0.4, 0.5) is 23.1 Å². The second kappa shape index (κ2) is 10.6. The molecule has 1 aliphatic rings. The van der Waals surface area contributed by atoms with Gasteiger partial charge in [-0.15, -0.1) is 0 Å². The van der Waals surface area contributed by atoms with E-state index in [0.717, 1.165) is 30.6 Å². The van der Waals surface area contributed by atoms with Gasteiger partial charge in [-0.25, -0.2) is 8.42 Å². The molecule has 3 heterocycles. The lowest BCUT2D eigenvalue weighted by molar-refractivity contribution is 0.312. The molecule has 3 N–H and O–H groups in total. The molecule has 0 fully saturated rings. The molecule has 0 spiro atoms. The first-order valence-corrected chi connectivity index (χ1v) is 14.1. The maximum atomic E-state index is 13.4. The van der Waals surface area contributed by atoms with E-state index in [1.807, 2.05) is 19.9 Å². The summed E-state index contributed by atoms with van der Waals surface area (Å²) in [4.78, 5) is 15.0. The van der Waals surface area contributed by atoms with Gasteiger partial charge in [0.2, 0.25) is 16.0 Å². The van der Waals surface area contributed by atoms with Crippen molar-refractivity contribution in [3.05, 3.63) is 59.8 Å². The minimum Gasteiger partial charge on any atom is -0.495 e. The first kappa shape index (κ1) is 26.0. The summed E-state index contributed by atoms with van der Waals surface area (Å²) < 4.78 is 33.8. The number of likely N-dealkylation sites (N-methyl/N-ethyl adjacent to an activating group) is 1. The Balaban J connectivity index is 1.53. The molecular weight excluding hydrogens is 502 g/mol. The number of hydrogen-bond acceptors (Lipinski definition) is 8. The van der Waals surface area contributed by atoms with Crippen LogP contribution in [0.25, 0.3) is 11.0 Å². The highest BCUT2D eigenvalue weighted by atomic mass is 32.2. The standard InChI is InChI=1S/C27H33N7O3S/c1-5-34(6-2)38(35,36)24-10-8-7-9-21(24)29-26-20-11-13-28-25(20)31-27(32-26)30-22-15-19-17-33(3)14-12-18(19)16-23(22)37-4/h7-11,13,15-16H,5-6,12,14,17H2,1-4H3,(H3,28,29,30,31,32). The molecule has 2 aromatic heterocycles. The molecule has 10 nitrogen and oxygen atoms in total. The third-order valence-electron chi connectivity index (χ3n) is 6.85. The first-order valence-electron chi connectivity index (χ1n) is 12.7. The Labute approximate surface area is 223 Å². The molecule has 38 heavy (non-hydrogen) atoms. The smallest absolute Gasteiger partial charge is 0.245 e. The summed E-state index contributed by atoms with van der Waals surface area (Å²) in [7, 11) is 0.0704. The number of aromatic nitrogens is 3. The number of fused-ring (bicyclic) bond motifs is 2. The zero-order valence-corrected chi connectivity index (χ0v) is 22.9. The minimum atomic E-state index is -3.69. The summed E-state index contributed by atoms with van der Waals surface area (Å²) in [5.74, 6) is 1.56. The van der Waals surface area contributed by atoms with Gasteiger partial charge < -0.3 is 25.3 Å². The second-order valence-corrected chi connectivity index (χ2v) is 11.2. The maximum Gasteiger partial charge on any atom is 0.245 e. The number of H-pyrrole nitrogens is 1. The second-order valence-electron chi connectivity index (χ2n) is 9.28. The summed E-state index contributed by atoms with van der Waals surface area (Å²) in [6.07, 6.45) is 2.75. The number of nitrogens with one attached hydrogen (secondary N) is 3. The molecule has 1 aliphatic heterocycles. The van der Waals surface area contributed by atoms with E-state index < -0.39 is 10.0 Å². The fraction of sp³-hybridized carbons (Fsp3) is 0.333. The Bertz CT molecular complexity index is 1560. The van der Waals surface area contributed by atoms with Crippen LogP contribution in [0.2, 0.25) is 0 Å². The SMILES string of the molecule is CCN(CC)S(=O)(=O)c1ccccc1Nc1nc(Nc2cc3c(cc2OC)CCN(C)C3)nc2[nH]ccc12. The van der Waals surface area contributed by atoms with Crippen LogP contribution in [-0.2, 0) is 23.0 Å². The van der Waals surface area contributed by atoms with Gasteiger partial charge in [0.05, 0.1) is 23.9 Å². The van der Waals surface area contributed by atoms with Crippen molar-refractivity contribution < 1.29 is 13.2 Å². The fourth-order valence-corrected chi connectivity index (χ4v) is 6.44. The number of anilines is 4. The largest absolute Gasteiger partial charge is 0.495 e. The minimum absolute atomic E-state index is 0.195. The van der Waals surface area contributed by atoms with Crippen LogP contribution in [0.15, 0.2) is 53.6 Å². The molecule has 11 heteroatoms. The quantitative estimate of drug-likeness (QED) is 0.288. The number of ether oxygens (including phenoxy) is 1. The molecule has 0 bridgehead atoms. The van der Waals surface area contributed by atoms with E-state index in [2.05, 4.69) is 44.7 Å². The third-order valence-corrected chi connectivity index (χ3v) is 8.96. The average molecular weight is 536 g/mol. The number of hydrogen-bond donors (Lipinski definition) is 3. The highest BCUT2D eigenvalue weighted by Crippen LogP contribution is 2.35. The number of rotatable bonds is 9. The maximum absolute atomic E-state index is 13.4. The van der Waals surface area contributed by atoms with Gasteiger partial charge in [-0.05, 0) is 54.9 Å². The Hall–Kier alpha value is -3.67. The van der Waals surface area contributed by atoms with Crippen molar-refractivity contribution in [1.82, 2.24) is 24.2 Å². The van der Waals surface area contributed by atoms with Gasteiger partial charge in [0.15, 0.2) is 0 Å². The van der Waals surface area contributed by atoms with Gasteiger partial charge in [0, 0.05) is 32.4 Å². The van der Waals surface area contributed by atoms with Gasteiger partial charge in [0.1, 0.15) is 22.1 Å². The van der Waals surface area contributed by atoms with Crippen molar-refractivity contribution >= 4 is 44.2 Å². The highest BCUT2D eigenvalue weighted by Gasteiger charge is 2.25. The molecule has 0 unspecified atom stereocenters. The van der Waals surface area contributed by atoms with E-state index in [9.17, 15) is 8.42 Å². The fourth-order valence-electron chi connectivity index (χ4n) is 4.83. The van der Waals surface area contributed by atoms with Crippen LogP contribution in [0.1, 0.15) is 25.0 Å². The van der Waals surface area contributed by atoms with Gasteiger partial charge in [-0.3, -0.25) is 0 Å². The molecule has 4 aromatic rings. The lowest BCUT2D eigenvalue weighted by atomic mass is 9.99. The van der Waals surface area contributed by atoms with Gasteiger partial charge in [0.25, 0.3) is 0 Å². The number of sulfonamides is 1. The van der Waals surface area contributed by atoms with E-state index in [1.54, 1.807) is 37.6 Å². The van der Waals surface area contributed by atoms with Gasteiger partial charge >= 0.3 is 0 Å². The predicted octanol–water partition coefficient (Wildman–Crippen LogP) is 4.47. The zero-order valence-electron chi connectivity index (χ0n) is 22.1. The van der Waals surface area contributed by atoms with Gasteiger partial charge in [-0.2, -0.15) is 14.3 Å². The van der Waals surface area contributed by atoms with Crippen LogP contribution in [0.3, 0.4) is 0 Å². The molecule has 0 atom stereocenters. The average Bonchev–Trinajstić information content (AvgIpc) is 3.38. The van der Waals surface area contributed by atoms with Crippen molar-refractivity contribution in [2.45, 2.75) is 31.7 Å². The highest BCUT2D eigenvalue weighted by molar-refractivity contribution is 7.89. The number of benzene rings is 2. The summed E-state index contributed by atoms with van der Waals surface area (Å²) >= 11 is 0. The first-order chi connectivity index (χ1) is 18.3. The van der Waals surface area contributed by atoms with Crippen molar-refractivity contribution in [3.8, 4) is 5.75 Å². The Kier molecular flexibility index (Phi) is 7.24. The van der Waals surface area contributed by atoms with E-state index in [4.69, 9.17) is 9.72 Å². The Morgan fingerprint density at radius 1 is 1.05 bits per heavy atom. The van der Waals surface area contributed by atoms with E-state index in [0.29, 0.717) is 41.9 Å². The monoisotopic (exact) mass is 535 g/mol. The van der Waals surface area contributed by atoms with E-state index in [-0.39, 0.29) is 4.90 Å². The number of nitrogens with zero attached hydrogens (tertiary/aromatic N) is 4. The molecule has 0 radical (unpaired) electrons. The Morgan fingerprint density at radius 2 is 1.84 bits per heavy atom. The molecule has 200 valence electrons. The topological polar surface area (TPSA) is 115 Å². The third kappa shape index (κ3) is 4.92.